The van der Waals surface area contributed by atoms with Crippen LogP contribution >= 0.6 is 11.3 Å². The van der Waals surface area contributed by atoms with E-state index in [1.54, 1.807) is 11.3 Å². The summed E-state index contributed by atoms with van der Waals surface area (Å²) in [7, 11) is 0. The predicted octanol–water partition coefficient (Wildman–Crippen LogP) is 3.58. The Morgan fingerprint density at radius 1 is 1.48 bits per heavy atom. The summed E-state index contributed by atoms with van der Waals surface area (Å²) in [4.78, 5) is 21.2. The van der Waals surface area contributed by atoms with Crippen LogP contribution in [0.1, 0.15) is 54.1 Å². The summed E-state index contributed by atoms with van der Waals surface area (Å²) >= 11 is 1.76. The summed E-state index contributed by atoms with van der Waals surface area (Å²) in [6.45, 7) is 8.41. The van der Waals surface area contributed by atoms with Crippen molar-refractivity contribution in [2.75, 3.05) is 19.6 Å². The lowest BCUT2D eigenvalue weighted by Gasteiger charge is -2.31. The smallest absolute Gasteiger partial charge is 0.317 e. The highest BCUT2D eigenvalue weighted by molar-refractivity contribution is 7.11. The van der Waals surface area contributed by atoms with E-state index in [2.05, 4.69) is 48.4 Å². The van der Waals surface area contributed by atoms with Crippen molar-refractivity contribution in [3.05, 3.63) is 33.6 Å². The molecule has 0 saturated carbocycles. The normalized spacial score (nSPS) is 17.9. The molecular formula is C18H26N4O2S. The minimum absolute atomic E-state index is 0.00667. The van der Waals surface area contributed by atoms with E-state index in [1.807, 2.05) is 4.90 Å². The van der Waals surface area contributed by atoms with Crippen LogP contribution in [-0.4, -0.2) is 40.7 Å². The fourth-order valence-electron chi connectivity index (χ4n) is 3.01. The second kappa shape index (κ2) is 7.99. The number of nitrogens with one attached hydrogen (secondary N) is 1. The van der Waals surface area contributed by atoms with Gasteiger partial charge in [0.05, 0.1) is 5.92 Å². The number of thiophene rings is 1. The molecule has 6 nitrogen and oxygen atoms in total. The molecule has 1 aliphatic heterocycles. The molecule has 0 aliphatic carbocycles. The molecule has 3 rings (SSSR count). The zero-order valence-electron chi connectivity index (χ0n) is 15.1. The van der Waals surface area contributed by atoms with Gasteiger partial charge < -0.3 is 14.7 Å². The minimum Gasteiger partial charge on any atom is -0.339 e. The lowest BCUT2D eigenvalue weighted by molar-refractivity contribution is 0.171. The van der Waals surface area contributed by atoms with Gasteiger partial charge in [-0.2, -0.15) is 4.98 Å². The van der Waals surface area contributed by atoms with Crippen LogP contribution in [0.25, 0.3) is 0 Å². The van der Waals surface area contributed by atoms with Gasteiger partial charge in [-0.25, -0.2) is 4.79 Å². The third-order valence-electron chi connectivity index (χ3n) is 4.33. The maximum Gasteiger partial charge on any atom is 0.317 e. The Labute approximate surface area is 152 Å². The molecule has 1 saturated heterocycles. The first-order valence-electron chi connectivity index (χ1n) is 8.92. The van der Waals surface area contributed by atoms with Crippen LogP contribution in [0, 0.1) is 12.8 Å². The van der Waals surface area contributed by atoms with Crippen LogP contribution in [0.15, 0.2) is 16.7 Å². The number of piperidine rings is 1. The summed E-state index contributed by atoms with van der Waals surface area (Å²) in [5.74, 6) is 1.96. The van der Waals surface area contributed by atoms with Crippen LogP contribution in [0.4, 0.5) is 4.79 Å². The number of amides is 2. The van der Waals surface area contributed by atoms with Crippen LogP contribution < -0.4 is 5.32 Å². The van der Waals surface area contributed by atoms with Crippen molar-refractivity contribution in [3.8, 4) is 0 Å². The fraction of sp³-hybridized carbons (Fsp3) is 0.611. The quantitative estimate of drug-likeness (QED) is 0.882. The molecule has 2 aromatic rings. The summed E-state index contributed by atoms with van der Waals surface area (Å²) in [5.41, 5.74) is 0. The first-order valence-corrected chi connectivity index (χ1v) is 9.73. The van der Waals surface area contributed by atoms with Gasteiger partial charge in [-0.15, -0.1) is 11.3 Å². The van der Waals surface area contributed by atoms with E-state index in [0.717, 1.165) is 25.2 Å². The van der Waals surface area contributed by atoms with Crippen LogP contribution in [0.2, 0.25) is 0 Å². The molecule has 1 atom stereocenters. The Hall–Kier alpha value is -1.89. The third kappa shape index (κ3) is 4.81. The number of nitrogens with zero attached hydrogens (tertiary/aromatic N) is 3. The largest absolute Gasteiger partial charge is 0.339 e. The zero-order chi connectivity index (χ0) is 17.8. The minimum atomic E-state index is 0.00667. The predicted molar refractivity (Wildman–Crippen MR) is 97.9 cm³/mol. The molecule has 0 spiro atoms. The maximum atomic E-state index is 12.3. The molecule has 3 heterocycles. The number of likely N-dealkylation sites (tertiary alicyclic amines) is 1. The summed E-state index contributed by atoms with van der Waals surface area (Å²) < 4.78 is 5.49. The van der Waals surface area contributed by atoms with E-state index in [9.17, 15) is 4.79 Å². The van der Waals surface area contributed by atoms with Crippen molar-refractivity contribution in [3.63, 3.8) is 0 Å². The van der Waals surface area contributed by atoms with Gasteiger partial charge in [-0.1, -0.05) is 19.0 Å². The molecule has 1 unspecified atom stereocenters. The molecule has 1 N–H and O–H groups in total. The first kappa shape index (κ1) is 17.9. The van der Waals surface area contributed by atoms with Gasteiger partial charge in [0.1, 0.15) is 0 Å². The molecular weight excluding hydrogens is 336 g/mol. The standard InChI is InChI=1S/C18H26N4O2S/c1-12(2)10-19-18(23)22-8-4-5-14(11-22)17-20-16(21-24-17)9-15-7-6-13(3)25-15/h6-7,12,14H,4-5,8-11H2,1-3H3,(H,19,23). The van der Waals surface area contributed by atoms with Gasteiger partial charge >= 0.3 is 6.03 Å². The van der Waals surface area contributed by atoms with Gasteiger partial charge in [-0.05, 0) is 37.8 Å². The highest BCUT2D eigenvalue weighted by Crippen LogP contribution is 2.26. The van der Waals surface area contributed by atoms with Crippen molar-refractivity contribution in [2.45, 2.75) is 46.0 Å². The molecule has 0 aromatic carbocycles. The number of aromatic nitrogens is 2. The van der Waals surface area contributed by atoms with Crippen LogP contribution in [0.5, 0.6) is 0 Å². The van der Waals surface area contributed by atoms with Gasteiger partial charge in [-0.3, -0.25) is 0 Å². The average molecular weight is 362 g/mol. The number of aryl methyl sites for hydroxylation is 1. The monoisotopic (exact) mass is 362 g/mol. The topological polar surface area (TPSA) is 71.3 Å². The van der Waals surface area contributed by atoms with Crippen molar-refractivity contribution in [1.29, 1.82) is 0 Å². The highest BCUT2D eigenvalue weighted by Gasteiger charge is 2.28. The average Bonchev–Trinajstić information content (AvgIpc) is 3.22. The lowest BCUT2D eigenvalue weighted by Crippen LogP contribution is -2.45. The Morgan fingerprint density at radius 3 is 3.04 bits per heavy atom. The van der Waals surface area contributed by atoms with E-state index in [0.29, 0.717) is 31.3 Å². The Bertz CT molecular complexity index is 710. The van der Waals surface area contributed by atoms with E-state index in [-0.39, 0.29) is 11.9 Å². The van der Waals surface area contributed by atoms with Gasteiger partial charge in [0.15, 0.2) is 5.82 Å². The van der Waals surface area contributed by atoms with Gasteiger partial charge in [0.25, 0.3) is 0 Å². The number of carbonyl (C=O) groups excluding carboxylic acids is 1. The first-order chi connectivity index (χ1) is 12.0. The fourth-order valence-corrected chi connectivity index (χ4v) is 3.89. The second-order valence-corrected chi connectivity index (χ2v) is 8.48. The second-order valence-electron chi connectivity index (χ2n) is 7.10. The van der Waals surface area contributed by atoms with E-state index >= 15 is 0 Å². The Balaban J connectivity index is 1.59. The van der Waals surface area contributed by atoms with Gasteiger partial charge in [0, 0.05) is 35.8 Å². The molecule has 0 radical (unpaired) electrons. The number of carbonyl (C=O) groups is 1. The van der Waals surface area contributed by atoms with Crippen LogP contribution in [-0.2, 0) is 6.42 Å². The van der Waals surface area contributed by atoms with E-state index < -0.39 is 0 Å². The van der Waals surface area contributed by atoms with Crippen molar-refractivity contribution >= 4 is 17.4 Å². The Morgan fingerprint density at radius 2 is 2.32 bits per heavy atom. The number of hydrogen-bond donors (Lipinski definition) is 1. The molecule has 136 valence electrons. The van der Waals surface area contributed by atoms with Gasteiger partial charge in [0.2, 0.25) is 5.89 Å². The van der Waals surface area contributed by atoms with E-state index in [4.69, 9.17) is 4.52 Å². The molecule has 25 heavy (non-hydrogen) atoms. The number of hydrogen-bond acceptors (Lipinski definition) is 5. The highest BCUT2D eigenvalue weighted by atomic mass is 32.1. The molecule has 1 fully saturated rings. The molecule has 2 aromatic heterocycles. The summed E-state index contributed by atoms with van der Waals surface area (Å²) in [6, 6.07) is 4.22. The van der Waals surface area contributed by atoms with E-state index in [1.165, 1.54) is 9.75 Å². The lowest BCUT2D eigenvalue weighted by atomic mass is 9.98. The third-order valence-corrected chi connectivity index (χ3v) is 5.33. The maximum absolute atomic E-state index is 12.3. The summed E-state index contributed by atoms with van der Waals surface area (Å²) in [5, 5.41) is 7.11. The van der Waals surface area contributed by atoms with Crippen molar-refractivity contribution in [1.82, 2.24) is 20.4 Å². The van der Waals surface area contributed by atoms with Crippen LogP contribution in [0.3, 0.4) is 0 Å². The number of rotatable bonds is 5. The molecule has 7 heteroatoms. The Kier molecular flexibility index (Phi) is 5.73. The zero-order valence-corrected chi connectivity index (χ0v) is 15.9. The molecule has 1 aliphatic rings. The summed E-state index contributed by atoms with van der Waals surface area (Å²) in [6.07, 6.45) is 2.64. The van der Waals surface area contributed by atoms with Crippen molar-refractivity contribution in [2.24, 2.45) is 5.92 Å². The van der Waals surface area contributed by atoms with Crippen molar-refractivity contribution < 1.29 is 9.32 Å². The number of urea groups is 1. The SMILES string of the molecule is Cc1ccc(Cc2noc(C3CCCN(C(=O)NCC(C)C)C3)n2)s1. The molecule has 0 bridgehead atoms. The molecule has 2 amide bonds.